The highest BCUT2D eigenvalue weighted by Crippen LogP contribution is 2.20. The zero-order valence-corrected chi connectivity index (χ0v) is 12.7. The normalized spacial score (nSPS) is 12.9. The van der Waals surface area contributed by atoms with E-state index in [1.807, 2.05) is 28.1 Å². The van der Waals surface area contributed by atoms with E-state index in [1.54, 1.807) is 11.3 Å². The van der Waals surface area contributed by atoms with Crippen molar-refractivity contribution in [3.8, 4) is 0 Å². The van der Waals surface area contributed by atoms with Crippen molar-refractivity contribution in [3.63, 3.8) is 0 Å². The molecule has 0 radical (unpaired) electrons. The monoisotopic (exact) mass is 303 g/mol. The van der Waals surface area contributed by atoms with Gasteiger partial charge in [0.15, 0.2) is 4.96 Å². The maximum atomic E-state index is 13.1. The number of nitrogens with one attached hydrogen (secondary N) is 1. The van der Waals surface area contributed by atoms with Crippen LogP contribution in [0.2, 0.25) is 0 Å². The van der Waals surface area contributed by atoms with E-state index < -0.39 is 0 Å². The van der Waals surface area contributed by atoms with Gasteiger partial charge in [0.2, 0.25) is 0 Å². The van der Waals surface area contributed by atoms with E-state index in [2.05, 4.69) is 23.4 Å². The first kappa shape index (κ1) is 14.2. The molecule has 0 bridgehead atoms. The third-order valence-electron chi connectivity index (χ3n) is 3.47. The van der Waals surface area contributed by atoms with Gasteiger partial charge in [-0.05, 0) is 30.7 Å². The molecule has 3 rings (SSSR count). The van der Waals surface area contributed by atoms with Gasteiger partial charge in [-0.3, -0.25) is 4.40 Å². The molecule has 0 fully saturated rings. The van der Waals surface area contributed by atoms with Crippen LogP contribution in [-0.4, -0.2) is 15.9 Å². The number of hydrogen-bond donors (Lipinski definition) is 1. The standard InChI is InChI=1S/C16H18FN3S/c1-2-7-18-15(12-3-5-13(17)6-4-12)10-14-11-20-8-9-21-16(20)19-14/h3-6,8-9,11,15,18H,2,7,10H2,1H3. The maximum Gasteiger partial charge on any atom is 0.193 e. The van der Waals surface area contributed by atoms with Crippen molar-refractivity contribution in [3.05, 3.63) is 59.1 Å². The summed E-state index contributed by atoms with van der Waals surface area (Å²) in [6.07, 6.45) is 5.95. The lowest BCUT2D eigenvalue weighted by molar-refractivity contribution is 0.524. The quantitative estimate of drug-likeness (QED) is 0.750. The molecule has 5 heteroatoms. The summed E-state index contributed by atoms with van der Waals surface area (Å²) in [5.41, 5.74) is 2.15. The first-order chi connectivity index (χ1) is 10.3. The molecule has 3 nitrogen and oxygen atoms in total. The second kappa shape index (κ2) is 6.37. The molecular formula is C16H18FN3S. The fourth-order valence-corrected chi connectivity index (χ4v) is 3.12. The number of nitrogens with zero attached hydrogens (tertiary/aromatic N) is 2. The molecule has 0 saturated heterocycles. The van der Waals surface area contributed by atoms with E-state index in [0.717, 1.165) is 35.6 Å². The molecule has 0 aliphatic heterocycles. The molecule has 1 aromatic carbocycles. The van der Waals surface area contributed by atoms with Crippen molar-refractivity contribution in [1.29, 1.82) is 0 Å². The van der Waals surface area contributed by atoms with Crippen molar-refractivity contribution < 1.29 is 4.39 Å². The van der Waals surface area contributed by atoms with Gasteiger partial charge in [0.25, 0.3) is 0 Å². The van der Waals surface area contributed by atoms with Crippen molar-refractivity contribution in [2.45, 2.75) is 25.8 Å². The largest absolute Gasteiger partial charge is 0.310 e. The average molecular weight is 303 g/mol. The molecule has 2 aromatic heterocycles. The lowest BCUT2D eigenvalue weighted by atomic mass is 10.0. The number of fused-ring (bicyclic) bond motifs is 1. The summed E-state index contributed by atoms with van der Waals surface area (Å²) < 4.78 is 15.1. The van der Waals surface area contributed by atoms with Crippen LogP contribution in [0.5, 0.6) is 0 Å². The highest BCUT2D eigenvalue weighted by molar-refractivity contribution is 7.15. The zero-order valence-electron chi connectivity index (χ0n) is 11.9. The van der Waals surface area contributed by atoms with Crippen LogP contribution in [-0.2, 0) is 6.42 Å². The summed E-state index contributed by atoms with van der Waals surface area (Å²) in [5, 5.41) is 5.55. The lowest BCUT2D eigenvalue weighted by Gasteiger charge is -2.18. The molecular weight excluding hydrogens is 285 g/mol. The smallest absolute Gasteiger partial charge is 0.193 e. The summed E-state index contributed by atoms with van der Waals surface area (Å²) in [5.74, 6) is -0.199. The first-order valence-electron chi connectivity index (χ1n) is 7.16. The molecule has 1 unspecified atom stereocenters. The first-order valence-corrected chi connectivity index (χ1v) is 8.04. The minimum atomic E-state index is -0.199. The Morgan fingerprint density at radius 2 is 2.14 bits per heavy atom. The van der Waals surface area contributed by atoms with Crippen LogP contribution >= 0.6 is 11.3 Å². The number of rotatable bonds is 6. The Labute approximate surface area is 127 Å². The number of imidazole rings is 1. The Balaban J connectivity index is 1.81. The van der Waals surface area contributed by atoms with Gasteiger partial charge in [0, 0.05) is 30.2 Å². The molecule has 0 saturated carbocycles. The summed E-state index contributed by atoms with van der Waals surface area (Å²) in [6.45, 7) is 3.07. The molecule has 2 heterocycles. The molecule has 0 aliphatic rings. The second-order valence-corrected chi connectivity index (χ2v) is 5.96. The van der Waals surface area contributed by atoms with Gasteiger partial charge >= 0.3 is 0 Å². The molecule has 1 atom stereocenters. The number of thiazole rings is 1. The molecule has 110 valence electrons. The Morgan fingerprint density at radius 1 is 1.33 bits per heavy atom. The van der Waals surface area contributed by atoms with Crippen LogP contribution in [0.25, 0.3) is 4.96 Å². The third kappa shape index (κ3) is 3.31. The van der Waals surface area contributed by atoms with Gasteiger partial charge in [0.1, 0.15) is 5.82 Å². The van der Waals surface area contributed by atoms with Crippen LogP contribution in [0.4, 0.5) is 4.39 Å². The highest BCUT2D eigenvalue weighted by Gasteiger charge is 2.14. The summed E-state index contributed by atoms with van der Waals surface area (Å²) in [7, 11) is 0. The van der Waals surface area contributed by atoms with Crippen molar-refractivity contribution in [2.75, 3.05) is 6.54 Å². The summed E-state index contributed by atoms with van der Waals surface area (Å²) in [6, 6.07) is 6.89. The van der Waals surface area contributed by atoms with Gasteiger partial charge in [0.05, 0.1) is 5.69 Å². The van der Waals surface area contributed by atoms with E-state index in [1.165, 1.54) is 12.1 Å². The van der Waals surface area contributed by atoms with Crippen LogP contribution in [0.1, 0.15) is 30.6 Å². The summed E-state index contributed by atoms with van der Waals surface area (Å²) >= 11 is 1.63. The molecule has 3 aromatic rings. The molecule has 21 heavy (non-hydrogen) atoms. The Morgan fingerprint density at radius 3 is 2.86 bits per heavy atom. The Bertz CT molecular complexity index is 673. The lowest BCUT2D eigenvalue weighted by Crippen LogP contribution is -2.24. The number of benzene rings is 1. The number of halogens is 1. The maximum absolute atomic E-state index is 13.1. The fourth-order valence-electron chi connectivity index (χ4n) is 2.41. The van der Waals surface area contributed by atoms with Crippen LogP contribution < -0.4 is 5.32 Å². The topological polar surface area (TPSA) is 29.3 Å². The predicted molar refractivity (Wildman–Crippen MR) is 84.2 cm³/mol. The number of hydrogen-bond acceptors (Lipinski definition) is 3. The summed E-state index contributed by atoms with van der Waals surface area (Å²) in [4.78, 5) is 5.64. The fraction of sp³-hybridized carbons (Fsp3) is 0.312. The highest BCUT2D eigenvalue weighted by atomic mass is 32.1. The second-order valence-electron chi connectivity index (χ2n) is 5.09. The average Bonchev–Trinajstić information content (AvgIpc) is 3.05. The minimum absolute atomic E-state index is 0.162. The van der Waals surface area contributed by atoms with Crippen LogP contribution in [0, 0.1) is 5.82 Å². The zero-order chi connectivity index (χ0) is 14.7. The molecule has 0 aliphatic carbocycles. The van der Waals surface area contributed by atoms with E-state index in [9.17, 15) is 4.39 Å². The van der Waals surface area contributed by atoms with Gasteiger partial charge < -0.3 is 5.32 Å². The van der Waals surface area contributed by atoms with E-state index >= 15 is 0 Å². The van der Waals surface area contributed by atoms with Crippen molar-refractivity contribution >= 4 is 16.3 Å². The molecule has 0 spiro atoms. The van der Waals surface area contributed by atoms with E-state index in [-0.39, 0.29) is 11.9 Å². The van der Waals surface area contributed by atoms with Gasteiger partial charge in [-0.1, -0.05) is 19.1 Å². The number of aromatic nitrogens is 2. The molecule has 1 N–H and O–H groups in total. The molecule has 0 amide bonds. The third-order valence-corrected chi connectivity index (χ3v) is 4.24. The van der Waals surface area contributed by atoms with Crippen molar-refractivity contribution in [1.82, 2.24) is 14.7 Å². The predicted octanol–water partition coefficient (Wildman–Crippen LogP) is 3.82. The van der Waals surface area contributed by atoms with E-state index in [0.29, 0.717) is 0 Å². The van der Waals surface area contributed by atoms with Crippen LogP contribution in [0.15, 0.2) is 42.0 Å². The van der Waals surface area contributed by atoms with Crippen LogP contribution in [0.3, 0.4) is 0 Å². The minimum Gasteiger partial charge on any atom is -0.310 e. The Hall–Kier alpha value is -1.72. The van der Waals surface area contributed by atoms with Crippen molar-refractivity contribution in [2.24, 2.45) is 0 Å². The van der Waals surface area contributed by atoms with Gasteiger partial charge in [-0.25, -0.2) is 9.37 Å². The van der Waals surface area contributed by atoms with E-state index in [4.69, 9.17) is 0 Å². The van der Waals surface area contributed by atoms with Gasteiger partial charge in [-0.15, -0.1) is 11.3 Å². The SMILES string of the molecule is CCCNC(Cc1cn2ccsc2n1)c1ccc(F)cc1. The Kier molecular flexibility index (Phi) is 4.31. The van der Waals surface area contributed by atoms with Gasteiger partial charge in [-0.2, -0.15) is 0 Å².